The smallest absolute Gasteiger partial charge is 0.124 e. The first-order valence-corrected chi connectivity index (χ1v) is 7.86. The second-order valence-corrected chi connectivity index (χ2v) is 7.28. The normalized spacial score (nSPS) is 13.2. The van der Waals surface area contributed by atoms with Crippen LogP contribution in [0.2, 0.25) is 0 Å². The van der Waals surface area contributed by atoms with Crippen LogP contribution in [0.5, 0.6) is 0 Å². The van der Waals surface area contributed by atoms with Crippen LogP contribution >= 0.6 is 15.9 Å². The number of hydrogen-bond acceptors (Lipinski definition) is 1. The molecule has 0 aliphatic carbocycles. The van der Waals surface area contributed by atoms with Gasteiger partial charge < -0.3 is 5.73 Å². The molecule has 1 nitrogen and oxygen atoms in total. The van der Waals surface area contributed by atoms with Crippen molar-refractivity contribution in [3.05, 3.63) is 69.4 Å². The number of halogens is 2. The first-order valence-electron chi connectivity index (χ1n) is 7.07. The first kappa shape index (κ1) is 16.2. The third-order valence-corrected chi connectivity index (χ3v) is 4.32. The lowest BCUT2D eigenvalue weighted by Crippen LogP contribution is -2.15. The zero-order valence-electron chi connectivity index (χ0n) is 12.7. The fourth-order valence-electron chi connectivity index (χ4n) is 2.31. The molecule has 0 fully saturated rings. The van der Waals surface area contributed by atoms with Crippen LogP contribution in [0, 0.1) is 5.82 Å². The van der Waals surface area contributed by atoms with Crippen molar-refractivity contribution >= 4 is 15.9 Å². The fourth-order valence-corrected chi connectivity index (χ4v) is 2.95. The van der Waals surface area contributed by atoms with E-state index in [2.05, 4.69) is 61.0 Å². The summed E-state index contributed by atoms with van der Waals surface area (Å²) in [7, 11) is 0. The van der Waals surface area contributed by atoms with E-state index in [-0.39, 0.29) is 17.3 Å². The molecule has 0 bridgehead atoms. The van der Waals surface area contributed by atoms with Crippen molar-refractivity contribution in [2.75, 3.05) is 0 Å². The summed E-state index contributed by atoms with van der Waals surface area (Å²) < 4.78 is 13.8. The van der Waals surface area contributed by atoms with Gasteiger partial charge in [0.2, 0.25) is 0 Å². The van der Waals surface area contributed by atoms with E-state index in [1.807, 2.05) is 0 Å². The molecule has 0 heterocycles. The second kappa shape index (κ2) is 6.29. The molecule has 0 amide bonds. The van der Waals surface area contributed by atoms with E-state index >= 15 is 0 Å². The largest absolute Gasteiger partial charge is 0.324 e. The molecule has 2 rings (SSSR count). The molecule has 0 saturated heterocycles. The summed E-state index contributed by atoms with van der Waals surface area (Å²) in [5, 5.41) is 0. The summed E-state index contributed by atoms with van der Waals surface area (Å²) in [5.41, 5.74) is 9.82. The van der Waals surface area contributed by atoms with Crippen LogP contribution in [0.1, 0.15) is 43.5 Å². The van der Waals surface area contributed by atoms with Gasteiger partial charge in [-0.25, -0.2) is 4.39 Å². The Kier molecular flexibility index (Phi) is 4.84. The van der Waals surface area contributed by atoms with Crippen molar-refractivity contribution in [3.63, 3.8) is 0 Å². The molecule has 0 spiro atoms. The Morgan fingerprint density at radius 1 is 1.10 bits per heavy atom. The molecule has 3 heteroatoms. The van der Waals surface area contributed by atoms with Crippen molar-refractivity contribution in [1.82, 2.24) is 0 Å². The number of nitrogens with two attached hydrogens (primary N) is 1. The number of benzene rings is 2. The van der Waals surface area contributed by atoms with Crippen LogP contribution in [0.4, 0.5) is 4.39 Å². The standard InChI is InChI=1S/C18H21BrFN/c1-18(2,3)13-6-4-12(5-7-13)10-17(21)15-9-8-14(20)11-16(15)19/h4-9,11,17H,10,21H2,1-3H3. The van der Waals surface area contributed by atoms with Gasteiger partial charge in [-0.15, -0.1) is 0 Å². The predicted octanol–water partition coefficient (Wildman–Crippen LogP) is 5.13. The van der Waals surface area contributed by atoms with Gasteiger partial charge >= 0.3 is 0 Å². The molecule has 0 aliphatic rings. The highest BCUT2D eigenvalue weighted by molar-refractivity contribution is 9.10. The Morgan fingerprint density at radius 3 is 2.24 bits per heavy atom. The average Bonchev–Trinajstić information content (AvgIpc) is 2.38. The van der Waals surface area contributed by atoms with Gasteiger partial charge in [-0.2, -0.15) is 0 Å². The Morgan fingerprint density at radius 2 is 1.71 bits per heavy atom. The number of hydrogen-bond donors (Lipinski definition) is 1. The monoisotopic (exact) mass is 349 g/mol. The van der Waals surface area contributed by atoms with Crippen molar-refractivity contribution in [2.45, 2.75) is 38.6 Å². The van der Waals surface area contributed by atoms with Gasteiger partial charge in [-0.1, -0.05) is 67.0 Å². The fraction of sp³-hybridized carbons (Fsp3) is 0.333. The highest BCUT2D eigenvalue weighted by Crippen LogP contribution is 2.27. The van der Waals surface area contributed by atoms with Gasteiger partial charge in [0.15, 0.2) is 0 Å². The maximum Gasteiger partial charge on any atom is 0.124 e. The van der Waals surface area contributed by atoms with Crippen LogP contribution in [-0.4, -0.2) is 0 Å². The number of rotatable bonds is 3. The van der Waals surface area contributed by atoms with Crippen molar-refractivity contribution in [3.8, 4) is 0 Å². The van der Waals surface area contributed by atoms with Gasteiger partial charge in [0.25, 0.3) is 0 Å². The molecular weight excluding hydrogens is 329 g/mol. The molecule has 0 aliphatic heterocycles. The second-order valence-electron chi connectivity index (χ2n) is 6.42. The van der Waals surface area contributed by atoms with E-state index in [9.17, 15) is 4.39 Å². The molecule has 0 aromatic heterocycles. The Balaban J connectivity index is 2.14. The molecule has 112 valence electrons. The van der Waals surface area contributed by atoms with Crippen LogP contribution in [0.25, 0.3) is 0 Å². The summed E-state index contributed by atoms with van der Waals surface area (Å²) in [6.07, 6.45) is 0.731. The third kappa shape index (κ3) is 4.14. The zero-order chi connectivity index (χ0) is 15.6. The topological polar surface area (TPSA) is 26.0 Å². The minimum absolute atomic E-state index is 0.152. The molecule has 2 aromatic rings. The van der Waals surface area contributed by atoms with E-state index < -0.39 is 0 Å². The quantitative estimate of drug-likeness (QED) is 0.816. The molecule has 2 aromatic carbocycles. The first-order chi connectivity index (χ1) is 9.77. The van der Waals surface area contributed by atoms with Crippen molar-refractivity contribution < 1.29 is 4.39 Å². The van der Waals surface area contributed by atoms with E-state index in [0.717, 1.165) is 16.5 Å². The lowest BCUT2D eigenvalue weighted by molar-refractivity contribution is 0.589. The molecule has 0 saturated carbocycles. The van der Waals surface area contributed by atoms with E-state index in [1.54, 1.807) is 6.07 Å². The molecular formula is C18H21BrFN. The minimum Gasteiger partial charge on any atom is -0.324 e. The molecule has 1 atom stereocenters. The van der Waals surface area contributed by atoms with E-state index in [4.69, 9.17) is 5.73 Å². The summed E-state index contributed by atoms with van der Waals surface area (Å²) >= 11 is 3.38. The maximum absolute atomic E-state index is 13.1. The highest BCUT2D eigenvalue weighted by atomic mass is 79.9. The van der Waals surface area contributed by atoms with Gasteiger partial charge in [0.1, 0.15) is 5.82 Å². The Labute approximate surface area is 134 Å². The van der Waals surface area contributed by atoms with Gasteiger partial charge in [0, 0.05) is 10.5 Å². The van der Waals surface area contributed by atoms with E-state index in [0.29, 0.717) is 0 Å². The van der Waals surface area contributed by atoms with Crippen LogP contribution in [0.15, 0.2) is 46.9 Å². The summed E-state index contributed by atoms with van der Waals surface area (Å²) in [4.78, 5) is 0. The van der Waals surface area contributed by atoms with E-state index in [1.165, 1.54) is 23.3 Å². The van der Waals surface area contributed by atoms with Gasteiger partial charge in [-0.3, -0.25) is 0 Å². The minimum atomic E-state index is -0.257. The van der Waals surface area contributed by atoms with Gasteiger partial charge in [-0.05, 0) is 40.7 Å². The lowest BCUT2D eigenvalue weighted by atomic mass is 9.86. The average molecular weight is 350 g/mol. The molecule has 1 unspecified atom stereocenters. The third-order valence-electron chi connectivity index (χ3n) is 3.64. The van der Waals surface area contributed by atoms with Crippen molar-refractivity contribution in [1.29, 1.82) is 0 Å². The summed E-state index contributed by atoms with van der Waals surface area (Å²) in [5.74, 6) is -0.257. The van der Waals surface area contributed by atoms with Crippen LogP contribution < -0.4 is 5.73 Å². The Bertz CT molecular complexity index is 614. The summed E-state index contributed by atoms with van der Waals surface area (Å²) in [6, 6.07) is 13.0. The molecule has 0 radical (unpaired) electrons. The predicted molar refractivity (Wildman–Crippen MR) is 89.9 cm³/mol. The Hall–Kier alpha value is -1.19. The van der Waals surface area contributed by atoms with Gasteiger partial charge in [0.05, 0.1) is 0 Å². The zero-order valence-corrected chi connectivity index (χ0v) is 14.2. The van der Waals surface area contributed by atoms with Crippen LogP contribution in [0.3, 0.4) is 0 Å². The van der Waals surface area contributed by atoms with Crippen LogP contribution in [-0.2, 0) is 11.8 Å². The van der Waals surface area contributed by atoms with Crippen molar-refractivity contribution in [2.24, 2.45) is 5.73 Å². The SMILES string of the molecule is CC(C)(C)c1ccc(CC(N)c2ccc(F)cc2Br)cc1. The maximum atomic E-state index is 13.1. The lowest BCUT2D eigenvalue weighted by Gasteiger charge is -2.20. The molecule has 2 N–H and O–H groups in total. The highest BCUT2D eigenvalue weighted by Gasteiger charge is 2.14. The summed E-state index contributed by atoms with van der Waals surface area (Å²) in [6.45, 7) is 6.59. The molecule has 21 heavy (non-hydrogen) atoms.